The molecule has 8 heteroatoms. The van der Waals surface area contributed by atoms with E-state index in [0.29, 0.717) is 12.3 Å². The predicted octanol–water partition coefficient (Wildman–Crippen LogP) is 7.91. The van der Waals surface area contributed by atoms with Gasteiger partial charge in [-0.3, -0.25) is 9.78 Å². The first kappa shape index (κ1) is 33.5. The molecule has 0 aromatic carbocycles. The van der Waals surface area contributed by atoms with Gasteiger partial charge in [-0.1, -0.05) is 70.4 Å². The van der Waals surface area contributed by atoms with E-state index in [9.17, 15) is 9.59 Å². The second-order valence-electron chi connectivity index (χ2n) is 12.2. The molecule has 1 aliphatic carbocycles. The molecule has 0 aliphatic heterocycles. The first-order valence-electron chi connectivity index (χ1n) is 14.2. The molecule has 0 aromatic rings. The third-order valence-corrected chi connectivity index (χ3v) is 6.17. The van der Waals surface area contributed by atoms with E-state index < -0.39 is 17.2 Å². The Labute approximate surface area is 224 Å². The van der Waals surface area contributed by atoms with Crippen molar-refractivity contribution in [2.45, 2.75) is 143 Å². The van der Waals surface area contributed by atoms with Crippen LogP contribution in [-0.4, -0.2) is 23.1 Å². The Bertz CT molecular complexity index is 662. The largest absolute Gasteiger partial charge is 0.349 e. The van der Waals surface area contributed by atoms with Gasteiger partial charge in [0.15, 0.2) is 0 Å². The lowest BCUT2D eigenvalue weighted by atomic mass is 9.75. The molecule has 0 spiro atoms. The summed E-state index contributed by atoms with van der Waals surface area (Å²) in [5, 5.41) is 9.19. The van der Waals surface area contributed by atoms with Gasteiger partial charge in [0.1, 0.15) is 5.60 Å². The molecule has 8 nitrogen and oxygen atoms in total. The summed E-state index contributed by atoms with van der Waals surface area (Å²) in [4.78, 5) is 44.3. The fraction of sp³-hybridized carbons (Fsp3) is 0.862. The van der Waals surface area contributed by atoms with Crippen LogP contribution < -0.4 is 0 Å². The van der Waals surface area contributed by atoms with E-state index in [4.69, 9.17) is 19.6 Å². The number of rotatable bonds is 18. The summed E-state index contributed by atoms with van der Waals surface area (Å²) in [5.41, 5.74) is -1.06. The lowest BCUT2D eigenvalue weighted by Crippen LogP contribution is -2.30. The summed E-state index contributed by atoms with van der Waals surface area (Å²) in [6, 6.07) is 0. The molecule has 0 aromatic heterocycles. The minimum Gasteiger partial charge on any atom is -0.298 e. The van der Waals surface area contributed by atoms with Gasteiger partial charge in [0.25, 0.3) is 0 Å². The summed E-state index contributed by atoms with van der Waals surface area (Å²) in [7, 11) is 0. The van der Waals surface area contributed by atoms with E-state index in [0.717, 1.165) is 57.8 Å². The minimum absolute atomic E-state index is 0.148. The highest BCUT2D eigenvalue weighted by Crippen LogP contribution is 2.35. The zero-order valence-corrected chi connectivity index (χ0v) is 24.3. The Morgan fingerprint density at radius 3 is 2.03 bits per heavy atom. The Balaban J connectivity index is 2.38. The van der Waals surface area contributed by atoms with Crippen LogP contribution >= 0.6 is 0 Å². The number of unbranched alkanes of at least 4 members (excludes halogenated alkanes) is 7. The highest BCUT2D eigenvalue weighted by molar-refractivity contribution is 5.72. The van der Waals surface area contributed by atoms with E-state index >= 15 is 0 Å². The van der Waals surface area contributed by atoms with E-state index in [1.165, 1.54) is 19.3 Å². The molecular formula is C29H52O8. The standard InChI is InChI=1S/C29H52O8/c1-8-9-10-15-18-24-21-20-23(22-25(24)27(31)33-36-37-35-29(5,6)7)17-14-12-11-13-16-19-26(30)32-34-28(2,3)4/h20-21,23-25H,8-19,22H2,1-7H3. The van der Waals surface area contributed by atoms with Crippen LogP contribution in [0, 0.1) is 17.8 Å². The van der Waals surface area contributed by atoms with E-state index in [-0.39, 0.29) is 17.8 Å². The van der Waals surface area contributed by atoms with Gasteiger partial charge in [0, 0.05) is 11.5 Å². The van der Waals surface area contributed by atoms with Crippen molar-refractivity contribution < 1.29 is 39.2 Å². The SMILES string of the molecule is CCCCCCC1C=CC(CCCCCCCC(=O)OOC(C)(C)C)CC1C(=O)OOOOC(C)(C)C. The summed E-state index contributed by atoms with van der Waals surface area (Å²) >= 11 is 0. The minimum atomic E-state index is -0.573. The van der Waals surface area contributed by atoms with Crippen LogP contribution in [0.5, 0.6) is 0 Å². The molecular weight excluding hydrogens is 476 g/mol. The van der Waals surface area contributed by atoms with Gasteiger partial charge in [-0.05, 0) is 84.1 Å². The number of hydrogen-bond donors (Lipinski definition) is 0. The molecule has 1 rings (SSSR count). The smallest absolute Gasteiger partial charge is 0.298 e. The Kier molecular flexibility index (Phi) is 16.3. The highest BCUT2D eigenvalue weighted by Gasteiger charge is 2.34. The van der Waals surface area contributed by atoms with Gasteiger partial charge in [-0.25, -0.2) is 9.59 Å². The molecule has 37 heavy (non-hydrogen) atoms. The van der Waals surface area contributed by atoms with Crippen molar-refractivity contribution in [3.05, 3.63) is 12.2 Å². The van der Waals surface area contributed by atoms with Crippen LogP contribution in [0.4, 0.5) is 0 Å². The molecule has 0 heterocycles. The molecule has 0 saturated heterocycles. The summed E-state index contributed by atoms with van der Waals surface area (Å²) in [5.74, 6) is -0.495. The van der Waals surface area contributed by atoms with Crippen molar-refractivity contribution in [3.8, 4) is 0 Å². The van der Waals surface area contributed by atoms with Crippen molar-refractivity contribution in [2.75, 3.05) is 0 Å². The molecule has 216 valence electrons. The van der Waals surface area contributed by atoms with E-state index in [1.807, 2.05) is 20.8 Å². The number of allylic oxidation sites excluding steroid dienone is 2. The van der Waals surface area contributed by atoms with Crippen LogP contribution in [0.15, 0.2) is 12.2 Å². The van der Waals surface area contributed by atoms with E-state index in [2.05, 4.69) is 29.2 Å². The average molecular weight is 529 g/mol. The maximum absolute atomic E-state index is 12.8. The molecule has 0 amide bonds. The first-order valence-corrected chi connectivity index (χ1v) is 14.2. The molecule has 0 radical (unpaired) electrons. The molecule has 3 unspecified atom stereocenters. The lowest BCUT2D eigenvalue weighted by Gasteiger charge is -2.30. The van der Waals surface area contributed by atoms with Crippen molar-refractivity contribution in [1.29, 1.82) is 0 Å². The van der Waals surface area contributed by atoms with Crippen LogP contribution in [0.2, 0.25) is 0 Å². The highest BCUT2D eigenvalue weighted by atomic mass is 17.7. The zero-order valence-electron chi connectivity index (χ0n) is 24.3. The second-order valence-corrected chi connectivity index (χ2v) is 12.2. The third-order valence-electron chi connectivity index (χ3n) is 6.17. The number of carbonyl (C=O) groups excluding carboxylic acids is 2. The van der Waals surface area contributed by atoms with Gasteiger partial charge >= 0.3 is 11.9 Å². The monoisotopic (exact) mass is 528 g/mol. The summed E-state index contributed by atoms with van der Waals surface area (Å²) in [6.45, 7) is 13.1. The molecule has 1 aliphatic rings. The van der Waals surface area contributed by atoms with Gasteiger partial charge in [-0.15, -0.1) is 0 Å². The number of hydrogen-bond acceptors (Lipinski definition) is 8. The molecule has 3 atom stereocenters. The predicted molar refractivity (Wildman–Crippen MR) is 141 cm³/mol. The molecule has 0 fully saturated rings. The first-order chi connectivity index (χ1) is 17.4. The van der Waals surface area contributed by atoms with Gasteiger partial charge in [-0.2, -0.15) is 9.78 Å². The maximum Gasteiger partial charge on any atom is 0.349 e. The summed E-state index contributed by atoms with van der Waals surface area (Å²) in [6.07, 6.45) is 17.3. The Morgan fingerprint density at radius 1 is 0.730 bits per heavy atom. The number of carbonyl (C=O) groups is 2. The van der Waals surface area contributed by atoms with Crippen molar-refractivity contribution in [2.24, 2.45) is 17.8 Å². The maximum atomic E-state index is 12.8. The fourth-order valence-electron chi connectivity index (χ4n) is 4.25. The second kappa shape index (κ2) is 17.9. The van der Waals surface area contributed by atoms with Crippen LogP contribution in [-0.2, 0) is 39.2 Å². The average Bonchev–Trinajstić information content (AvgIpc) is 2.82. The molecule has 0 saturated carbocycles. The fourth-order valence-corrected chi connectivity index (χ4v) is 4.25. The van der Waals surface area contributed by atoms with Gasteiger partial charge in [0.05, 0.1) is 11.5 Å². The van der Waals surface area contributed by atoms with Crippen molar-refractivity contribution >= 4 is 11.9 Å². The molecule has 0 N–H and O–H groups in total. The third kappa shape index (κ3) is 17.6. The molecule has 0 bridgehead atoms. The van der Waals surface area contributed by atoms with Crippen LogP contribution in [0.3, 0.4) is 0 Å². The Morgan fingerprint density at radius 2 is 1.35 bits per heavy atom. The Hall–Kier alpha value is -1.48. The van der Waals surface area contributed by atoms with Crippen LogP contribution in [0.1, 0.15) is 132 Å². The van der Waals surface area contributed by atoms with Gasteiger partial charge < -0.3 is 0 Å². The quantitative estimate of drug-likeness (QED) is 0.0767. The lowest BCUT2D eigenvalue weighted by molar-refractivity contribution is -0.634. The zero-order chi connectivity index (χ0) is 27.7. The van der Waals surface area contributed by atoms with E-state index in [1.54, 1.807) is 20.8 Å². The summed E-state index contributed by atoms with van der Waals surface area (Å²) < 4.78 is 0. The van der Waals surface area contributed by atoms with Gasteiger partial charge in [0.2, 0.25) is 0 Å². The normalized spacial score (nSPS) is 20.1. The van der Waals surface area contributed by atoms with Crippen molar-refractivity contribution in [1.82, 2.24) is 0 Å². The van der Waals surface area contributed by atoms with Crippen LogP contribution in [0.25, 0.3) is 0 Å². The van der Waals surface area contributed by atoms with Crippen molar-refractivity contribution in [3.63, 3.8) is 0 Å². The topological polar surface area (TPSA) is 89.5 Å².